The quantitative estimate of drug-likeness (QED) is 0.937. The first-order chi connectivity index (χ1) is 11.6. The first-order valence-corrected chi connectivity index (χ1v) is 7.88. The van der Waals surface area contributed by atoms with Gasteiger partial charge in [0.2, 0.25) is 5.91 Å². The maximum Gasteiger partial charge on any atom is 0.269 e. The van der Waals surface area contributed by atoms with E-state index in [9.17, 15) is 9.59 Å². The zero-order valence-electron chi connectivity index (χ0n) is 13.7. The molecule has 2 heterocycles. The minimum absolute atomic E-state index is 0.0590. The summed E-state index contributed by atoms with van der Waals surface area (Å²) in [7, 11) is 0. The maximum atomic E-state index is 12.9. The number of aryl methyl sites for hydroxylation is 1. The van der Waals surface area contributed by atoms with Crippen molar-refractivity contribution in [2.75, 3.05) is 16.8 Å². The molecule has 1 N–H and O–H groups in total. The molecule has 0 bridgehead atoms. The predicted molar refractivity (Wildman–Crippen MR) is 91.1 cm³/mol. The number of benzene rings is 1. The van der Waals surface area contributed by atoms with E-state index >= 15 is 0 Å². The van der Waals surface area contributed by atoms with E-state index in [1.807, 2.05) is 38.1 Å². The molecule has 0 aliphatic carbocycles. The van der Waals surface area contributed by atoms with Crippen molar-refractivity contribution in [3.05, 3.63) is 48.2 Å². The number of amides is 2. The van der Waals surface area contributed by atoms with Gasteiger partial charge in [-0.05, 0) is 37.1 Å². The fourth-order valence-electron chi connectivity index (χ4n) is 2.62. The third kappa shape index (κ3) is 3.08. The van der Waals surface area contributed by atoms with Crippen molar-refractivity contribution < 1.29 is 14.3 Å². The molecule has 2 amide bonds. The van der Waals surface area contributed by atoms with Gasteiger partial charge in [0.15, 0.2) is 11.9 Å². The molecular weight excluding hydrogens is 306 g/mol. The average molecular weight is 325 g/mol. The SMILES string of the molecule is CCC(Oc1ccccc1C)C(=O)N1CC(=O)Nc2cccnc21. The Labute approximate surface area is 140 Å². The van der Waals surface area contributed by atoms with Crippen molar-refractivity contribution in [2.45, 2.75) is 26.4 Å². The van der Waals surface area contributed by atoms with Crippen molar-refractivity contribution in [3.63, 3.8) is 0 Å². The summed E-state index contributed by atoms with van der Waals surface area (Å²) in [6.45, 7) is 3.75. The Balaban J connectivity index is 1.87. The molecular formula is C18H19N3O3. The van der Waals surface area contributed by atoms with Crippen LogP contribution in [-0.4, -0.2) is 29.4 Å². The van der Waals surface area contributed by atoms with Gasteiger partial charge in [0, 0.05) is 6.20 Å². The van der Waals surface area contributed by atoms with Crippen LogP contribution in [0.4, 0.5) is 11.5 Å². The number of ether oxygens (including phenoxy) is 1. The van der Waals surface area contributed by atoms with Gasteiger partial charge in [-0.15, -0.1) is 0 Å². The molecule has 124 valence electrons. The largest absolute Gasteiger partial charge is 0.480 e. The first-order valence-electron chi connectivity index (χ1n) is 7.88. The second-order valence-corrected chi connectivity index (χ2v) is 5.63. The number of hydrogen-bond acceptors (Lipinski definition) is 4. The van der Waals surface area contributed by atoms with E-state index in [4.69, 9.17) is 4.74 Å². The Morgan fingerprint density at radius 2 is 2.12 bits per heavy atom. The molecule has 1 aliphatic heterocycles. The molecule has 1 aromatic heterocycles. The molecule has 6 nitrogen and oxygen atoms in total. The van der Waals surface area contributed by atoms with Crippen molar-refractivity contribution in [1.82, 2.24) is 4.98 Å². The van der Waals surface area contributed by atoms with Crippen LogP contribution in [0, 0.1) is 6.92 Å². The van der Waals surface area contributed by atoms with E-state index in [0.29, 0.717) is 23.7 Å². The number of fused-ring (bicyclic) bond motifs is 1. The van der Waals surface area contributed by atoms with Crippen molar-refractivity contribution in [1.29, 1.82) is 0 Å². The normalized spacial score (nSPS) is 14.6. The van der Waals surface area contributed by atoms with Crippen LogP contribution in [-0.2, 0) is 9.59 Å². The number of para-hydroxylation sites is 1. The van der Waals surface area contributed by atoms with Crippen LogP contribution in [0.15, 0.2) is 42.6 Å². The van der Waals surface area contributed by atoms with Gasteiger partial charge in [0.25, 0.3) is 5.91 Å². The number of carbonyl (C=O) groups excluding carboxylic acids is 2. The minimum Gasteiger partial charge on any atom is -0.480 e. The van der Waals surface area contributed by atoms with Gasteiger partial charge in [-0.1, -0.05) is 25.1 Å². The van der Waals surface area contributed by atoms with Gasteiger partial charge in [-0.3, -0.25) is 14.5 Å². The number of nitrogens with zero attached hydrogens (tertiary/aromatic N) is 2. The fraction of sp³-hybridized carbons (Fsp3) is 0.278. The molecule has 1 unspecified atom stereocenters. The summed E-state index contributed by atoms with van der Waals surface area (Å²) in [6.07, 6.45) is 1.42. The second-order valence-electron chi connectivity index (χ2n) is 5.63. The molecule has 3 rings (SSSR count). The average Bonchev–Trinajstić information content (AvgIpc) is 2.59. The molecule has 0 saturated heterocycles. The zero-order chi connectivity index (χ0) is 17.1. The van der Waals surface area contributed by atoms with E-state index in [1.165, 1.54) is 4.90 Å². The standard InChI is InChI=1S/C18H19N3O3/c1-3-14(24-15-9-5-4-7-12(15)2)18(23)21-11-16(22)20-13-8-6-10-19-17(13)21/h4-10,14H,3,11H2,1-2H3,(H,20,22). The molecule has 24 heavy (non-hydrogen) atoms. The van der Waals surface area contributed by atoms with Gasteiger partial charge < -0.3 is 10.1 Å². The molecule has 0 radical (unpaired) electrons. The smallest absolute Gasteiger partial charge is 0.269 e. The Morgan fingerprint density at radius 1 is 1.33 bits per heavy atom. The Bertz CT molecular complexity index is 776. The highest BCUT2D eigenvalue weighted by atomic mass is 16.5. The second kappa shape index (κ2) is 6.70. The summed E-state index contributed by atoms with van der Waals surface area (Å²) in [5.41, 5.74) is 1.49. The number of anilines is 2. The minimum atomic E-state index is -0.674. The van der Waals surface area contributed by atoms with Crippen LogP contribution in [0.2, 0.25) is 0 Å². The van der Waals surface area contributed by atoms with Crippen molar-refractivity contribution in [3.8, 4) is 5.75 Å². The fourth-order valence-corrected chi connectivity index (χ4v) is 2.62. The number of pyridine rings is 1. The summed E-state index contributed by atoms with van der Waals surface area (Å²) >= 11 is 0. The number of rotatable bonds is 4. The Morgan fingerprint density at radius 3 is 2.88 bits per heavy atom. The van der Waals surface area contributed by atoms with Gasteiger partial charge in [-0.25, -0.2) is 4.98 Å². The summed E-state index contributed by atoms with van der Waals surface area (Å²) in [6, 6.07) is 11.0. The lowest BCUT2D eigenvalue weighted by molar-refractivity contribution is -0.127. The van der Waals surface area contributed by atoms with E-state index in [1.54, 1.807) is 18.3 Å². The van der Waals surface area contributed by atoms with Gasteiger partial charge in [-0.2, -0.15) is 0 Å². The summed E-state index contributed by atoms with van der Waals surface area (Å²) in [5.74, 6) is 0.611. The van der Waals surface area contributed by atoms with E-state index in [0.717, 1.165) is 5.56 Å². The van der Waals surface area contributed by atoms with Crippen LogP contribution in [0.3, 0.4) is 0 Å². The molecule has 6 heteroatoms. The van der Waals surface area contributed by atoms with E-state index in [-0.39, 0.29) is 18.4 Å². The van der Waals surface area contributed by atoms with Crippen LogP contribution in [0.25, 0.3) is 0 Å². The lowest BCUT2D eigenvalue weighted by atomic mass is 10.2. The molecule has 0 spiro atoms. The maximum absolute atomic E-state index is 12.9. The number of hydrogen-bond donors (Lipinski definition) is 1. The van der Waals surface area contributed by atoms with Crippen LogP contribution in [0.1, 0.15) is 18.9 Å². The van der Waals surface area contributed by atoms with Gasteiger partial charge in [0.05, 0.1) is 5.69 Å². The third-order valence-electron chi connectivity index (χ3n) is 3.89. The van der Waals surface area contributed by atoms with Gasteiger partial charge in [0.1, 0.15) is 12.3 Å². The Hall–Kier alpha value is -2.89. The summed E-state index contributed by atoms with van der Waals surface area (Å²) < 4.78 is 5.91. The topological polar surface area (TPSA) is 71.5 Å². The molecule has 0 fully saturated rings. The third-order valence-corrected chi connectivity index (χ3v) is 3.89. The predicted octanol–water partition coefficient (Wildman–Crippen LogP) is 2.53. The monoisotopic (exact) mass is 325 g/mol. The van der Waals surface area contributed by atoms with Crippen molar-refractivity contribution in [2.24, 2.45) is 0 Å². The molecule has 1 atom stereocenters. The van der Waals surface area contributed by atoms with E-state index < -0.39 is 6.10 Å². The van der Waals surface area contributed by atoms with E-state index in [2.05, 4.69) is 10.3 Å². The van der Waals surface area contributed by atoms with Crippen LogP contribution < -0.4 is 15.0 Å². The number of nitrogens with one attached hydrogen (secondary N) is 1. The first kappa shape index (κ1) is 16.0. The molecule has 1 aromatic carbocycles. The van der Waals surface area contributed by atoms with Crippen LogP contribution >= 0.6 is 0 Å². The Kier molecular flexibility index (Phi) is 4.46. The van der Waals surface area contributed by atoms with Crippen molar-refractivity contribution >= 4 is 23.3 Å². The molecule has 1 aliphatic rings. The number of carbonyl (C=O) groups is 2. The van der Waals surface area contributed by atoms with Gasteiger partial charge >= 0.3 is 0 Å². The highest BCUT2D eigenvalue weighted by Crippen LogP contribution is 2.28. The lowest BCUT2D eigenvalue weighted by Gasteiger charge is -2.30. The molecule has 2 aromatic rings. The molecule has 0 saturated carbocycles. The van der Waals surface area contributed by atoms with Crippen LogP contribution in [0.5, 0.6) is 5.75 Å². The summed E-state index contributed by atoms with van der Waals surface area (Å²) in [4.78, 5) is 30.4. The highest BCUT2D eigenvalue weighted by molar-refractivity contribution is 6.10. The lowest BCUT2D eigenvalue weighted by Crippen LogP contribution is -2.48. The zero-order valence-corrected chi connectivity index (χ0v) is 13.7. The number of aromatic nitrogens is 1. The summed E-state index contributed by atoms with van der Waals surface area (Å²) in [5, 5.41) is 2.72. The highest BCUT2D eigenvalue weighted by Gasteiger charge is 2.33.